The van der Waals surface area contributed by atoms with E-state index in [2.05, 4.69) is 5.32 Å². The fourth-order valence-electron chi connectivity index (χ4n) is 2.08. The topological polar surface area (TPSA) is 75.6 Å². The number of hydrogen-bond donors (Lipinski definition) is 2. The summed E-state index contributed by atoms with van der Waals surface area (Å²) in [6.45, 7) is -0.0611. The van der Waals surface area contributed by atoms with E-state index >= 15 is 0 Å². The second-order valence-electron chi connectivity index (χ2n) is 4.64. The summed E-state index contributed by atoms with van der Waals surface area (Å²) in [6, 6.07) is 8.21. The summed E-state index contributed by atoms with van der Waals surface area (Å²) in [7, 11) is 0. The molecule has 0 aliphatic rings. The first-order valence-electron chi connectivity index (χ1n) is 6.42. The highest BCUT2D eigenvalue weighted by Crippen LogP contribution is 2.30. The van der Waals surface area contributed by atoms with Crippen molar-refractivity contribution in [2.45, 2.75) is 5.60 Å². The van der Waals surface area contributed by atoms with E-state index < -0.39 is 5.60 Å². The van der Waals surface area contributed by atoms with Gasteiger partial charge >= 0.3 is 0 Å². The van der Waals surface area contributed by atoms with Gasteiger partial charge in [0.1, 0.15) is 5.76 Å². The van der Waals surface area contributed by atoms with Crippen LogP contribution in [0.5, 0.6) is 0 Å². The zero-order chi connectivity index (χ0) is 15.6. The number of furan rings is 2. The van der Waals surface area contributed by atoms with Gasteiger partial charge in [-0.2, -0.15) is 0 Å². The van der Waals surface area contributed by atoms with E-state index in [0.717, 1.165) is 0 Å². The Hall–Kier alpha value is -2.02. The molecule has 3 aromatic heterocycles. The minimum absolute atomic E-state index is 0.0611. The standard InChI is InChI=1S/C15H12ClNO4S/c16-13-4-3-11(22-13)14(18)17-9-15(19,10-5-7-20-8-10)12-2-1-6-21-12/h1-8,19H,9H2,(H,17,18)/t15-/m0/s1. The monoisotopic (exact) mass is 337 g/mol. The smallest absolute Gasteiger partial charge is 0.261 e. The summed E-state index contributed by atoms with van der Waals surface area (Å²) >= 11 is 6.99. The van der Waals surface area contributed by atoms with Crippen LogP contribution in [0.25, 0.3) is 0 Å². The van der Waals surface area contributed by atoms with Crippen molar-refractivity contribution in [3.8, 4) is 0 Å². The molecule has 0 fully saturated rings. The number of amides is 1. The summed E-state index contributed by atoms with van der Waals surface area (Å²) in [5.74, 6) is 0.00351. The quantitative estimate of drug-likeness (QED) is 0.749. The predicted molar refractivity (Wildman–Crippen MR) is 82.1 cm³/mol. The number of nitrogens with one attached hydrogen (secondary N) is 1. The Labute approximate surface area is 135 Å². The Morgan fingerprint density at radius 1 is 1.32 bits per heavy atom. The van der Waals surface area contributed by atoms with E-state index in [1.165, 1.54) is 30.1 Å². The number of rotatable bonds is 5. The first-order valence-corrected chi connectivity index (χ1v) is 7.61. The van der Waals surface area contributed by atoms with E-state index in [1.807, 2.05) is 0 Å². The summed E-state index contributed by atoms with van der Waals surface area (Å²) < 4.78 is 10.9. The second-order valence-corrected chi connectivity index (χ2v) is 6.35. The van der Waals surface area contributed by atoms with Crippen LogP contribution in [0.3, 0.4) is 0 Å². The molecule has 5 nitrogen and oxygen atoms in total. The highest BCUT2D eigenvalue weighted by Gasteiger charge is 2.36. The second kappa shape index (κ2) is 6.00. The Balaban J connectivity index is 1.81. The van der Waals surface area contributed by atoms with Gasteiger partial charge in [0.2, 0.25) is 0 Å². The molecule has 114 valence electrons. The van der Waals surface area contributed by atoms with Gasteiger partial charge < -0.3 is 19.3 Å². The molecule has 0 aromatic carbocycles. The fraction of sp³-hybridized carbons (Fsp3) is 0.133. The van der Waals surface area contributed by atoms with Crippen LogP contribution in [0.15, 0.2) is 58.0 Å². The van der Waals surface area contributed by atoms with Crippen LogP contribution in [-0.2, 0) is 5.60 Å². The fourth-order valence-corrected chi connectivity index (χ4v) is 3.04. The lowest BCUT2D eigenvalue weighted by Gasteiger charge is -2.25. The maximum Gasteiger partial charge on any atom is 0.261 e. The Kier molecular flexibility index (Phi) is 4.06. The molecule has 7 heteroatoms. The van der Waals surface area contributed by atoms with Gasteiger partial charge in [-0.25, -0.2) is 0 Å². The van der Waals surface area contributed by atoms with Gasteiger partial charge in [-0.15, -0.1) is 11.3 Å². The summed E-state index contributed by atoms with van der Waals surface area (Å²) in [5, 5.41) is 13.6. The lowest BCUT2D eigenvalue weighted by molar-refractivity contribution is 0.0521. The van der Waals surface area contributed by atoms with Crippen molar-refractivity contribution >= 4 is 28.8 Å². The minimum atomic E-state index is -1.51. The summed E-state index contributed by atoms with van der Waals surface area (Å²) in [4.78, 5) is 12.6. The normalized spacial score (nSPS) is 13.7. The van der Waals surface area contributed by atoms with Crippen LogP contribution in [0, 0.1) is 0 Å². The molecule has 0 unspecified atom stereocenters. The molecule has 3 rings (SSSR count). The third-order valence-corrected chi connectivity index (χ3v) is 4.46. The van der Waals surface area contributed by atoms with E-state index in [0.29, 0.717) is 20.5 Å². The summed E-state index contributed by atoms with van der Waals surface area (Å²) in [6.07, 6.45) is 4.32. The minimum Gasteiger partial charge on any atom is -0.472 e. The first kappa shape index (κ1) is 14.9. The molecule has 1 atom stereocenters. The predicted octanol–water partition coefficient (Wildman–Crippen LogP) is 3.25. The number of halogens is 1. The average Bonchev–Trinajstić information content (AvgIpc) is 3.24. The van der Waals surface area contributed by atoms with Gasteiger partial charge in [-0.05, 0) is 30.3 Å². The van der Waals surface area contributed by atoms with Crippen LogP contribution >= 0.6 is 22.9 Å². The molecule has 3 heterocycles. The molecule has 0 aliphatic carbocycles. The molecule has 0 spiro atoms. The highest BCUT2D eigenvalue weighted by atomic mass is 35.5. The van der Waals surface area contributed by atoms with Crippen LogP contribution in [0.2, 0.25) is 4.34 Å². The zero-order valence-electron chi connectivity index (χ0n) is 11.3. The van der Waals surface area contributed by atoms with Crippen LogP contribution in [0.1, 0.15) is 21.0 Å². The molecule has 1 amide bonds. The van der Waals surface area contributed by atoms with Gasteiger partial charge in [0, 0.05) is 5.56 Å². The van der Waals surface area contributed by atoms with Crippen molar-refractivity contribution in [2.75, 3.05) is 6.54 Å². The third-order valence-electron chi connectivity index (χ3n) is 3.23. The Morgan fingerprint density at radius 3 is 2.77 bits per heavy atom. The van der Waals surface area contributed by atoms with Crippen molar-refractivity contribution in [3.05, 3.63) is 69.7 Å². The first-order chi connectivity index (χ1) is 10.6. The number of hydrogen-bond acceptors (Lipinski definition) is 5. The molecule has 0 radical (unpaired) electrons. The summed E-state index contributed by atoms with van der Waals surface area (Å²) in [5.41, 5.74) is -1.01. The highest BCUT2D eigenvalue weighted by molar-refractivity contribution is 7.17. The Morgan fingerprint density at radius 2 is 2.18 bits per heavy atom. The molecule has 0 saturated heterocycles. The zero-order valence-corrected chi connectivity index (χ0v) is 12.9. The number of carbonyl (C=O) groups is 1. The van der Waals surface area contributed by atoms with Crippen molar-refractivity contribution in [1.82, 2.24) is 5.32 Å². The van der Waals surface area contributed by atoms with Gasteiger partial charge in [-0.1, -0.05) is 11.6 Å². The lowest BCUT2D eigenvalue weighted by atomic mass is 9.93. The van der Waals surface area contributed by atoms with Crippen molar-refractivity contribution in [3.63, 3.8) is 0 Å². The molecule has 0 saturated carbocycles. The molecule has 22 heavy (non-hydrogen) atoms. The SMILES string of the molecule is O=C(NC[C@](O)(c1ccoc1)c1ccco1)c1ccc(Cl)s1. The molecule has 0 bridgehead atoms. The molecule has 2 N–H and O–H groups in total. The van der Waals surface area contributed by atoms with Crippen molar-refractivity contribution in [1.29, 1.82) is 0 Å². The van der Waals surface area contributed by atoms with E-state index in [4.69, 9.17) is 20.4 Å². The Bertz CT molecular complexity index is 714. The average molecular weight is 338 g/mol. The third kappa shape index (κ3) is 2.81. The van der Waals surface area contributed by atoms with E-state index in [9.17, 15) is 9.90 Å². The van der Waals surface area contributed by atoms with Gasteiger partial charge in [0.15, 0.2) is 5.60 Å². The van der Waals surface area contributed by atoms with Gasteiger partial charge in [0.25, 0.3) is 5.91 Å². The van der Waals surface area contributed by atoms with Crippen LogP contribution < -0.4 is 5.32 Å². The maximum atomic E-state index is 12.1. The van der Waals surface area contributed by atoms with Crippen molar-refractivity contribution < 1.29 is 18.7 Å². The molecule has 0 aliphatic heterocycles. The van der Waals surface area contributed by atoms with Crippen molar-refractivity contribution in [2.24, 2.45) is 0 Å². The van der Waals surface area contributed by atoms with E-state index in [-0.39, 0.29) is 12.5 Å². The lowest BCUT2D eigenvalue weighted by Crippen LogP contribution is -2.41. The number of aliphatic hydroxyl groups is 1. The number of carbonyl (C=O) groups excluding carboxylic acids is 1. The molecule has 3 aromatic rings. The van der Waals surface area contributed by atoms with Gasteiger partial charge in [-0.3, -0.25) is 4.79 Å². The van der Waals surface area contributed by atoms with Crippen LogP contribution in [0.4, 0.5) is 0 Å². The van der Waals surface area contributed by atoms with E-state index in [1.54, 1.807) is 30.3 Å². The van der Waals surface area contributed by atoms with Gasteiger partial charge in [0.05, 0.1) is 34.5 Å². The van der Waals surface area contributed by atoms with Crippen LogP contribution in [-0.4, -0.2) is 17.6 Å². The maximum absolute atomic E-state index is 12.1. The molecular weight excluding hydrogens is 326 g/mol. The number of thiophene rings is 1. The largest absolute Gasteiger partial charge is 0.472 e. The molecular formula is C15H12ClNO4S.